The maximum Gasteiger partial charge on any atom is 0.503 e. The van der Waals surface area contributed by atoms with Crippen LogP contribution in [0.2, 0.25) is 0 Å². The van der Waals surface area contributed by atoms with Crippen molar-refractivity contribution in [2.45, 2.75) is 0 Å². The quantitative estimate of drug-likeness (QED) is 0.323. The van der Waals surface area contributed by atoms with E-state index in [-0.39, 0.29) is 35.0 Å². The first-order chi connectivity index (χ1) is 1.73. The SMILES string of the molecule is O.[NaH].[O-][I+2]([O-])O. The second kappa shape index (κ2) is 9.76. The van der Waals surface area contributed by atoms with Gasteiger partial charge in [0, 0.05) is 0 Å². The maximum atomic E-state index is 8.68. The summed E-state index contributed by atoms with van der Waals surface area (Å²) in [5, 5.41) is 0. The topological polar surface area (TPSA) is 97.9 Å². The molecule has 0 fully saturated rings. The summed E-state index contributed by atoms with van der Waals surface area (Å²) in [6.45, 7) is 0. The largest absolute Gasteiger partial charge is 0.503 e. The van der Waals surface area contributed by atoms with Crippen LogP contribution in [-0.4, -0.2) is 38.5 Å². The van der Waals surface area contributed by atoms with Crippen molar-refractivity contribution in [3.63, 3.8) is 0 Å². The van der Waals surface area contributed by atoms with E-state index < -0.39 is 21.1 Å². The number of halogens is 1. The molecular formula is H4INaO4. The van der Waals surface area contributed by atoms with E-state index in [2.05, 4.69) is 0 Å². The Bertz CT molecular complexity index is 12.3. The van der Waals surface area contributed by atoms with Crippen LogP contribution in [0, 0.1) is 0 Å². The molecule has 0 aromatic heterocycles. The minimum atomic E-state index is -3.76. The van der Waals surface area contributed by atoms with Crippen molar-refractivity contribution in [2.75, 3.05) is 0 Å². The van der Waals surface area contributed by atoms with Gasteiger partial charge in [-0.2, -0.15) is 0 Å². The van der Waals surface area contributed by atoms with Crippen LogP contribution in [0.4, 0.5) is 0 Å². The first-order valence-electron chi connectivity index (χ1n) is 0.478. The van der Waals surface area contributed by atoms with E-state index in [0.29, 0.717) is 0 Å². The predicted molar refractivity (Wildman–Crippen MR) is 13.0 cm³/mol. The van der Waals surface area contributed by atoms with Crippen molar-refractivity contribution in [1.82, 2.24) is 0 Å². The third-order valence-corrected chi connectivity index (χ3v) is 0. The molecule has 0 aliphatic rings. The van der Waals surface area contributed by atoms with Crippen LogP contribution in [0.25, 0.3) is 0 Å². The van der Waals surface area contributed by atoms with Gasteiger partial charge in [0.05, 0.1) is 0 Å². The second-order valence-corrected chi connectivity index (χ2v) is 1.35. The van der Waals surface area contributed by atoms with Crippen molar-refractivity contribution < 1.29 is 36.8 Å². The third-order valence-electron chi connectivity index (χ3n) is 0. The van der Waals surface area contributed by atoms with E-state index in [9.17, 15) is 0 Å². The minimum absolute atomic E-state index is 0. The minimum Gasteiger partial charge on any atom is -0.396 e. The molecule has 6 heavy (non-hydrogen) atoms. The smallest absolute Gasteiger partial charge is 0.396 e. The fourth-order valence-electron chi connectivity index (χ4n) is 0. The van der Waals surface area contributed by atoms with E-state index >= 15 is 0 Å². The molecule has 0 bridgehead atoms. The molecule has 0 spiro atoms. The molecule has 6 heteroatoms. The van der Waals surface area contributed by atoms with Gasteiger partial charge in [-0.25, -0.2) is 0 Å². The van der Waals surface area contributed by atoms with Gasteiger partial charge in [-0.1, -0.05) is 0 Å². The third kappa shape index (κ3) is 47.2. The number of rotatable bonds is 0. The van der Waals surface area contributed by atoms with Gasteiger partial charge in [-0.05, 0) is 3.44 Å². The van der Waals surface area contributed by atoms with Crippen LogP contribution in [0.15, 0.2) is 0 Å². The van der Waals surface area contributed by atoms with Crippen molar-refractivity contribution in [1.29, 1.82) is 0 Å². The van der Waals surface area contributed by atoms with Crippen molar-refractivity contribution in [3.8, 4) is 0 Å². The molecule has 0 rings (SSSR count). The van der Waals surface area contributed by atoms with Gasteiger partial charge in [0.15, 0.2) is 0 Å². The van der Waals surface area contributed by atoms with E-state index in [4.69, 9.17) is 10.3 Å². The Hall–Kier alpha value is 1.57. The van der Waals surface area contributed by atoms with Crippen LogP contribution >= 0.6 is 0 Å². The zero-order valence-corrected chi connectivity index (χ0v) is 4.30. The van der Waals surface area contributed by atoms with Gasteiger partial charge in [0.1, 0.15) is 0 Å². The van der Waals surface area contributed by atoms with Gasteiger partial charge in [0.2, 0.25) is 0 Å². The molecule has 0 atom stereocenters. The molecule has 0 amide bonds. The summed E-state index contributed by atoms with van der Waals surface area (Å²) < 4.78 is 24.5. The molecule has 0 aromatic rings. The fourth-order valence-corrected chi connectivity index (χ4v) is 0. The molecule has 0 aliphatic carbocycles. The summed E-state index contributed by atoms with van der Waals surface area (Å²) in [4.78, 5) is 0. The zero-order valence-electron chi connectivity index (χ0n) is 2.14. The Kier molecular flexibility index (Phi) is 25.4. The summed E-state index contributed by atoms with van der Waals surface area (Å²) in [5.74, 6) is 0. The van der Waals surface area contributed by atoms with Crippen LogP contribution in [0.3, 0.4) is 0 Å². The first kappa shape index (κ1) is 15.6. The average molecular weight is 218 g/mol. The van der Waals surface area contributed by atoms with Gasteiger partial charge in [-0.15, -0.1) is 0 Å². The summed E-state index contributed by atoms with van der Waals surface area (Å²) >= 11 is -3.76. The summed E-state index contributed by atoms with van der Waals surface area (Å²) in [6, 6.07) is 0. The molecule has 0 aromatic carbocycles. The Labute approximate surface area is 65.8 Å². The van der Waals surface area contributed by atoms with E-state index in [1.54, 1.807) is 0 Å². The Morgan fingerprint density at radius 3 is 1.33 bits per heavy atom. The molecule has 0 heterocycles. The maximum absolute atomic E-state index is 8.68. The molecular weight excluding hydrogens is 214 g/mol. The molecule has 0 saturated heterocycles. The molecule has 0 aliphatic heterocycles. The predicted octanol–water partition coefficient (Wildman–Crippen LogP) is -7.40. The molecule has 36 valence electrons. The number of hydrogen-bond donors (Lipinski definition) is 1. The van der Waals surface area contributed by atoms with Crippen LogP contribution < -0.4 is 27.9 Å². The number of hydrogen-bond acceptors (Lipinski definition) is 3. The van der Waals surface area contributed by atoms with Gasteiger partial charge >= 0.3 is 50.6 Å². The monoisotopic (exact) mass is 218 g/mol. The van der Waals surface area contributed by atoms with Crippen molar-refractivity contribution in [2.24, 2.45) is 0 Å². The normalized spacial score (nSPS) is 6.00. The van der Waals surface area contributed by atoms with Crippen LogP contribution in [0.5, 0.6) is 0 Å². The fraction of sp³-hybridized carbons (Fsp3) is 0. The Balaban J connectivity index is -0.0000000450. The summed E-state index contributed by atoms with van der Waals surface area (Å²) in [7, 11) is 0. The standard InChI is InChI=1S/HIO3.Na.H2O.H/c2-1(3)4;;;/h2H;;1H2;. The average Bonchev–Trinajstić information content (AvgIpc) is 0.811. The summed E-state index contributed by atoms with van der Waals surface area (Å²) in [5.41, 5.74) is 0. The molecule has 3 N–H and O–H groups in total. The zero-order chi connectivity index (χ0) is 3.58. The molecule has 0 saturated carbocycles. The van der Waals surface area contributed by atoms with Crippen molar-refractivity contribution >= 4 is 29.6 Å². The molecule has 0 radical (unpaired) electrons. The van der Waals surface area contributed by atoms with Gasteiger partial charge in [0.25, 0.3) is 0 Å². The van der Waals surface area contributed by atoms with Gasteiger partial charge < -0.3 is 12.3 Å². The van der Waals surface area contributed by atoms with Crippen molar-refractivity contribution in [3.05, 3.63) is 0 Å². The van der Waals surface area contributed by atoms with E-state index in [1.807, 2.05) is 0 Å². The van der Waals surface area contributed by atoms with E-state index in [1.165, 1.54) is 0 Å². The summed E-state index contributed by atoms with van der Waals surface area (Å²) in [6.07, 6.45) is 0. The van der Waals surface area contributed by atoms with Crippen LogP contribution in [0.1, 0.15) is 0 Å². The molecule has 4 nitrogen and oxygen atoms in total. The Morgan fingerprint density at radius 2 is 1.33 bits per heavy atom. The second-order valence-electron chi connectivity index (χ2n) is 0.201. The van der Waals surface area contributed by atoms with Gasteiger partial charge in [-0.3, -0.25) is 0 Å². The van der Waals surface area contributed by atoms with Crippen LogP contribution in [-0.2, 0) is 0 Å². The molecule has 0 unspecified atom stereocenters. The van der Waals surface area contributed by atoms with E-state index in [0.717, 1.165) is 0 Å². The Morgan fingerprint density at radius 1 is 1.33 bits per heavy atom. The first-order valence-corrected chi connectivity index (χ1v) is 3.20.